The van der Waals surface area contributed by atoms with E-state index in [4.69, 9.17) is 11.6 Å². The van der Waals surface area contributed by atoms with Crippen molar-refractivity contribution in [3.8, 4) is 0 Å². The highest BCUT2D eigenvalue weighted by atomic mass is 35.5. The Bertz CT molecular complexity index is 770. The summed E-state index contributed by atoms with van der Waals surface area (Å²) in [6.45, 7) is 2.64. The number of benzene rings is 1. The van der Waals surface area contributed by atoms with Crippen LogP contribution in [0.3, 0.4) is 0 Å². The van der Waals surface area contributed by atoms with Crippen LogP contribution in [0, 0.1) is 0 Å². The summed E-state index contributed by atoms with van der Waals surface area (Å²) in [5.74, 6) is -0.0515. The van der Waals surface area contributed by atoms with Gasteiger partial charge in [0.15, 0.2) is 0 Å². The molecule has 0 fully saturated rings. The Morgan fingerprint density at radius 1 is 1.30 bits per heavy atom. The van der Waals surface area contributed by atoms with E-state index in [1.54, 1.807) is 13.1 Å². The van der Waals surface area contributed by atoms with Gasteiger partial charge in [-0.25, -0.2) is 13.4 Å². The lowest BCUT2D eigenvalue weighted by Crippen LogP contribution is -2.43. The van der Waals surface area contributed by atoms with E-state index in [0.29, 0.717) is 24.5 Å². The van der Waals surface area contributed by atoms with Gasteiger partial charge in [-0.1, -0.05) is 29.8 Å². The molecule has 1 aromatic rings. The standard InChI is InChI=1S/C16H18ClN3O2S/c1-16(10-18-12-19-16)11-23(21,22)20-8-6-14(7-9-20)13-2-4-15(17)5-3-13/h2-6,10,12H,7-9,11H2,1H3/t16-/m0/s1. The molecule has 0 aromatic heterocycles. The SMILES string of the molecule is C[C@@]1(CS(=O)(=O)N2CC=C(c3ccc(Cl)cc3)CC2)C=NC=N1. The van der Waals surface area contributed by atoms with Gasteiger partial charge < -0.3 is 0 Å². The summed E-state index contributed by atoms with van der Waals surface area (Å²) in [5.41, 5.74) is 1.49. The van der Waals surface area contributed by atoms with Crippen LogP contribution in [0.15, 0.2) is 40.3 Å². The molecule has 1 aromatic carbocycles. The normalized spacial score (nSPS) is 24.9. The van der Waals surface area contributed by atoms with Crippen LogP contribution < -0.4 is 0 Å². The molecule has 5 nitrogen and oxygen atoms in total. The van der Waals surface area contributed by atoms with E-state index in [1.807, 2.05) is 30.3 Å². The lowest BCUT2D eigenvalue weighted by Gasteiger charge is -2.28. The minimum atomic E-state index is -3.37. The minimum Gasteiger partial charge on any atom is -0.260 e. The summed E-state index contributed by atoms with van der Waals surface area (Å²) in [5, 5.41) is 0.696. The van der Waals surface area contributed by atoms with Gasteiger partial charge >= 0.3 is 0 Å². The van der Waals surface area contributed by atoms with E-state index in [9.17, 15) is 8.42 Å². The largest absolute Gasteiger partial charge is 0.260 e. The van der Waals surface area contributed by atoms with Gasteiger partial charge in [0, 0.05) is 24.3 Å². The molecule has 3 rings (SSSR count). The monoisotopic (exact) mass is 351 g/mol. The van der Waals surface area contributed by atoms with Crippen molar-refractivity contribution >= 4 is 39.8 Å². The van der Waals surface area contributed by atoms with Gasteiger partial charge in [0.2, 0.25) is 10.0 Å². The number of aliphatic imine (C=N–C) groups is 2. The van der Waals surface area contributed by atoms with Crippen molar-refractivity contribution in [3.63, 3.8) is 0 Å². The molecule has 0 N–H and O–H groups in total. The lowest BCUT2D eigenvalue weighted by molar-refractivity contribution is 0.436. The highest BCUT2D eigenvalue weighted by molar-refractivity contribution is 7.89. The summed E-state index contributed by atoms with van der Waals surface area (Å²) in [6.07, 6.45) is 5.65. The van der Waals surface area contributed by atoms with Crippen molar-refractivity contribution in [2.24, 2.45) is 9.98 Å². The number of hydrogen-bond acceptors (Lipinski definition) is 4. The Morgan fingerprint density at radius 3 is 2.61 bits per heavy atom. The second kappa shape index (κ2) is 6.19. The first kappa shape index (κ1) is 16.4. The van der Waals surface area contributed by atoms with Crippen LogP contribution in [-0.2, 0) is 10.0 Å². The second-order valence-corrected chi connectivity index (χ2v) is 8.39. The molecule has 2 aliphatic rings. The first-order valence-corrected chi connectivity index (χ1v) is 9.38. The fourth-order valence-electron chi connectivity index (χ4n) is 2.76. The Kier molecular flexibility index (Phi) is 4.40. The smallest absolute Gasteiger partial charge is 0.217 e. The zero-order valence-electron chi connectivity index (χ0n) is 12.8. The second-order valence-electron chi connectivity index (χ2n) is 5.98. The maximum absolute atomic E-state index is 12.6. The summed E-state index contributed by atoms with van der Waals surface area (Å²) in [7, 11) is -3.37. The number of halogens is 1. The predicted molar refractivity (Wildman–Crippen MR) is 94.8 cm³/mol. The molecule has 1 atom stereocenters. The van der Waals surface area contributed by atoms with Crippen molar-refractivity contribution in [1.82, 2.24) is 4.31 Å². The average molecular weight is 352 g/mol. The molecule has 0 saturated carbocycles. The molecule has 0 saturated heterocycles. The fraction of sp³-hybridized carbons (Fsp3) is 0.375. The maximum atomic E-state index is 12.6. The van der Waals surface area contributed by atoms with Crippen molar-refractivity contribution < 1.29 is 8.42 Å². The van der Waals surface area contributed by atoms with E-state index in [2.05, 4.69) is 9.98 Å². The molecule has 0 spiro atoms. The molecular weight excluding hydrogens is 334 g/mol. The highest BCUT2D eigenvalue weighted by Crippen LogP contribution is 2.26. The zero-order chi connectivity index (χ0) is 16.5. The van der Waals surface area contributed by atoms with Gasteiger partial charge in [-0.15, -0.1) is 0 Å². The minimum absolute atomic E-state index is 0.0515. The quantitative estimate of drug-likeness (QED) is 0.837. The van der Waals surface area contributed by atoms with Crippen LogP contribution in [0.4, 0.5) is 0 Å². The third kappa shape index (κ3) is 3.71. The lowest BCUT2D eigenvalue weighted by atomic mass is 10.0. The Morgan fingerprint density at radius 2 is 2.04 bits per heavy atom. The summed E-state index contributed by atoms with van der Waals surface area (Å²) in [4.78, 5) is 8.04. The van der Waals surface area contributed by atoms with Crippen molar-refractivity contribution in [2.45, 2.75) is 18.9 Å². The Balaban J connectivity index is 1.71. The molecule has 0 bridgehead atoms. The first-order valence-electron chi connectivity index (χ1n) is 7.39. The van der Waals surface area contributed by atoms with Crippen LogP contribution in [0.1, 0.15) is 18.9 Å². The van der Waals surface area contributed by atoms with E-state index in [0.717, 1.165) is 11.1 Å². The summed E-state index contributed by atoms with van der Waals surface area (Å²) < 4.78 is 26.7. The third-order valence-electron chi connectivity index (χ3n) is 4.03. The van der Waals surface area contributed by atoms with Gasteiger partial charge in [-0.3, -0.25) is 4.99 Å². The maximum Gasteiger partial charge on any atom is 0.217 e. The van der Waals surface area contributed by atoms with Crippen LogP contribution in [0.2, 0.25) is 5.02 Å². The number of nitrogens with zero attached hydrogens (tertiary/aromatic N) is 3. The number of hydrogen-bond donors (Lipinski definition) is 0. The van der Waals surface area contributed by atoms with Gasteiger partial charge in [0.25, 0.3) is 0 Å². The topological polar surface area (TPSA) is 62.1 Å². The molecule has 0 amide bonds. The molecule has 0 radical (unpaired) electrons. The van der Waals surface area contributed by atoms with Crippen LogP contribution in [0.25, 0.3) is 5.57 Å². The highest BCUT2D eigenvalue weighted by Gasteiger charge is 2.34. The van der Waals surface area contributed by atoms with Crippen LogP contribution in [0.5, 0.6) is 0 Å². The average Bonchev–Trinajstić information content (AvgIpc) is 2.93. The summed E-state index contributed by atoms with van der Waals surface area (Å²) >= 11 is 5.90. The van der Waals surface area contributed by atoms with Crippen LogP contribution in [-0.4, -0.2) is 49.7 Å². The number of rotatable bonds is 4. The third-order valence-corrected chi connectivity index (χ3v) is 6.35. The molecule has 122 valence electrons. The van der Waals surface area contributed by atoms with Crippen molar-refractivity contribution in [3.05, 3.63) is 40.9 Å². The fourth-order valence-corrected chi connectivity index (χ4v) is 4.62. The van der Waals surface area contributed by atoms with Gasteiger partial charge in [-0.05, 0) is 36.6 Å². The van der Waals surface area contributed by atoms with Gasteiger partial charge in [-0.2, -0.15) is 4.31 Å². The van der Waals surface area contributed by atoms with Gasteiger partial charge in [0.05, 0.1) is 5.75 Å². The van der Waals surface area contributed by atoms with Crippen molar-refractivity contribution in [1.29, 1.82) is 0 Å². The Hall–Kier alpha value is -1.50. The molecule has 0 aliphatic carbocycles. The molecule has 7 heteroatoms. The summed E-state index contributed by atoms with van der Waals surface area (Å²) in [6, 6.07) is 7.62. The molecule has 23 heavy (non-hydrogen) atoms. The van der Waals surface area contributed by atoms with E-state index in [1.165, 1.54) is 10.6 Å². The van der Waals surface area contributed by atoms with E-state index >= 15 is 0 Å². The molecule has 2 aliphatic heterocycles. The zero-order valence-corrected chi connectivity index (χ0v) is 14.4. The predicted octanol–water partition coefficient (Wildman–Crippen LogP) is 2.63. The Labute approximate surface area is 141 Å². The first-order chi connectivity index (χ1) is 10.9. The van der Waals surface area contributed by atoms with E-state index in [-0.39, 0.29) is 5.75 Å². The van der Waals surface area contributed by atoms with Crippen molar-refractivity contribution in [2.75, 3.05) is 18.8 Å². The number of sulfonamides is 1. The van der Waals surface area contributed by atoms with E-state index < -0.39 is 15.6 Å². The van der Waals surface area contributed by atoms with Gasteiger partial charge in [0.1, 0.15) is 11.9 Å². The molecular formula is C16H18ClN3O2S. The molecule has 0 unspecified atom stereocenters. The van der Waals surface area contributed by atoms with Crippen LogP contribution >= 0.6 is 11.6 Å². The molecule has 2 heterocycles.